The number of nitro groups is 1. The first-order valence-electron chi connectivity index (χ1n) is 9.74. The van der Waals surface area contributed by atoms with Crippen LogP contribution in [0.25, 0.3) is 0 Å². The van der Waals surface area contributed by atoms with Gasteiger partial charge in [-0.25, -0.2) is 4.79 Å². The Kier molecular flexibility index (Phi) is 7.15. The summed E-state index contributed by atoms with van der Waals surface area (Å²) in [6.07, 6.45) is 0.899. The predicted molar refractivity (Wildman–Crippen MR) is 112 cm³/mol. The molecule has 162 valence electrons. The van der Waals surface area contributed by atoms with Crippen LogP contribution in [0.15, 0.2) is 54.6 Å². The fourth-order valence-electron chi connectivity index (χ4n) is 3.16. The van der Waals surface area contributed by atoms with E-state index in [9.17, 15) is 24.5 Å². The number of anilines is 2. The summed E-state index contributed by atoms with van der Waals surface area (Å²) >= 11 is 0. The van der Waals surface area contributed by atoms with Gasteiger partial charge in [0.15, 0.2) is 6.61 Å². The van der Waals surface area contributed by atoms with Gasteiger partial charge >= 0.3 is 12.0 Å². The van der Waals surface area contributed by atoms with Crippen LogP contribution in [0.3, 0.4) is 0 Å². The lowest BCUT2D eigenvalue weighted by atomic mass is 9.97. The van der Waals surface area contributed by atoms with Gasteiger partial charge in [0.2, 0.25) is 0 Å². The van der Waals surface area contributed by atoms with Crippen LogP contribution in [0.4, 0.5) is 21.9 Å². The normalized spacial score (nSPS) is 13.9. The molecule has 1 aliphatic heterocycles. The molecule has 0 saturated carbocycles. The highest BCUT2D eigenvalue weighted by molar-refractivity contribution is 5.93. The van der Waals surface area contributed by atoms with E-state index in [1.54, 1.807) is 17.0 Å². The summed E-state index contributed by atoms with van der Waals surface area (Å²) < 4.78 is 5.09. The standard InChI is InChI=1S/C21H22N4O6/c26-19(22-17-6-8-18(9-7-17)25(29)30)14-31-20(27)15-10-12-24(13-11-15)21(28)23-16-4-2-1-3-5-16/h1-9,15H,10-14H2,(H,22,26)(H,23,28). The maximum absolute atomic E-state index is 12.3. The number of esters is 1. The lowest BCUT2D eigenvalue weighted by Crippen LogP contribution is -2.43. The lowest BCUT2D eigenvalue weighted by Gasteiger charge is -2.30. The zero-order chi connectivity index (χ0) is 22.2. The molecular weight excluding hydrogens is 404 g/mol. The Morgan fingerprint density at radius 3 is 2.19 bits per heavy atom. The van der Waals surface area contributed by atoms with E-state index in [1.807, 2.05) is 18.2 Å². The van der Waals surface area contributed by atoms with Crippen molar-refractivity contribution in [2.45, 2.75) is 12.8 Å². The largest absolute Gasteiger partial charge is 0.455 e. The molecule has 10 nitrogen and oxygen atoms in total. The summed E-state index contributed by atoms with van der Waals surface area (Å²) in [5.74, 6) is -1.41. The summed E-state index contributed by atoms with van der Waals surface area (Å²) in [4.78, 5) is 48.2. The number of ether oxygens (including phenoxy) is 1. The number of urea groups is 1. The molecule has 1 heterocycles. The molecule has 1 aliphatic rings. The SMILES string of the molecule is O=C(COC(=O)C1CCN(C(=O)Nc2ccccc2)CC1)Nc1ccc([N+](=O)[O-])cc1. The van der Waals surface area contributed by atoms with Gasteiger partial charge in [0.05, 0.1) is 10.8 Å². The first-order valence-corrected chi connectivity index (χ1v) is 9.74. The second-order valence-electron chi connectivity index (χ2n) is 7.02. The van der Waals surface area contributed by atoms with Crippen LogP contribution in [0, 0.1) is 16.0 Å². The Hall–Kier alpha value is -3.95. The number of hydrogen-bond acceptors (Lipinski definition) is 6. The zero-order valence-electron chi connectivity index (χ0n) is 16.7. The summed E-state index contributed by atoms with van der Waals surface area (Å²) in [6.45, 7) is 0.366. The average Bonchev–Trinajstić information content (AvgIpc) is 2.78. The molecule has 0 aromatic heterocycles. The molecule has 31 heavy (non-hydrogen) atoms. The van der Waals surface area contributed by atoms with E-state index in [4.69, 9.17) is 4.74 Å². The van der Waals surface area contributed by atoms with E-state index in [2.05, 4.69) is 10.6 Å². The molecule has 2 aromatic rings. The minimum atomic E-state index is -0.540. The summed E-state index contributed by atoms with van der Waals surface area (Å²) in [6, 6.07) is 14.2. The fraction of sp³-hybridized carbons (Fsp3) is 0.286. The summed E-state index contributed by atoms with van der Waals surface area (Å²) in [7, 11) is 0. The van der Waals surface area contributed by atoms with Crippen molar-refractivity contribution in [3.05, 3.63) is 64.7 Å². The monoisotopic (exact) mass is 426 g/mol. The third kappa shape index (κ3) is 6.26. The van der Waals surface area contributed by atoms with Crippen molar-refractivity contribution in [1.29, 1.82) is 0 Å². The number of piperidine rings is 1. The smallest absolute Gasteiger partial charge is 0.321 e. The molecule has 0 unspecified atom stereocenters. The Labute approximate surface area is 178 Å². The van der Waals surface area contributed by atoms with Gasteiger partial charge in [-0.1, -0.05) is 18.2 Å². The highest BCUT2D eigenvalue weighted by Crippen LogP contribution is 2.20. The number of rotatable bonds is 6. The van der Waals surface area contributed by atoms with E-state index in [-0.39, 0.29) is 17.6 Å². The predicted octanol–water partition coefficient (Wildman–Crippen LogP) is 3.02. The van der Waals surface area contributed by atoms with Crippen molar-refractivity contribution in [3.8, 4) is 0 Å². The third-order valence-corrected chi connectivity index (χ3v) is 4.85. The van der Waals surface area contributed by atoms with Crippen molar-refractivity contribution >= 4 is 35.0 Å². The fourth-order valence-corrected chi connectivity index (χ4v) is 3.16. The molecule has 2 aromatic carbocycles. The van der Waals surface area contributed by atoms with Gasteiger partial charge in [-0.3, -0.25) is 19.7 Å². The number of nitro benzene ring substituents is 1. The molecule has 1 saturated heterocycles. The lowest BCUT2D eigenvalue weighted by molar-refractivity contribution is -0.384. The number of benzene rings is 2. The first kappa shape index (κ1) is 21.8. The van der Waals surface area contributed by atoms with Crippen LogP contribution in [0.5, 0.6) is 0 Å². The molecule has 1 fully saturated rings. The molecule has 0 aliphatic carbocycles. The number of carbonyl (C=O) groups excluding carboxylic acids is 3. The number of amides is 3. The van der Waals surface area contributed by atoms with Gasteiger partial charge in [-0.15, -0.1) is 0 Å². The Morgan fingerprint density at radius 2 is 1.58 bits per heavy atom. The highest BCUT2D eigenvalue weighted by atomic mass is 16.6. The second-order valence-corrected chi connectivity index (χ2v) is 7.02. The number of hydrogen-bond donors (Lipinski definition) is 2. The topological polar surface area (TPSA) is 131 Å². The number of para-hydroxylation sites is 1. The summed E-state index contributed by atoms with van der Waals surface area (Å²) in [5.41, 5.74) is 0.977. The van der Waals surface area contributed by atoms with Crippen molar-refractivity contribution in [2.75, 3.05) is 30.3 Å². The van der Waals surface area contributed by atoms with Gasteiger partial charge in [0.1, 0.15) is 0 Å². The molecule has 10 heteroatoms. The van der Waals surface area contributed by atoms with Gasteiger partial charge in [0, 0.05) is 36.6 Å². The molecule has 0 radical (unpaired) electrons. The Balaban J connectivity index is 1.39. The maximum Gasteiger partial charge on any atom is 0.321 e. The molecule has 2 N–H and O–H groups in total. The van der Waals surface area contributed by atoms with Crippen LogP contribution in [-0.2, 0) is 14.3 Å². The third-order valence-electron chi connectivity index (χ3n) is 4.85. The van der Waals surface area contributed by atoms with Crippen molar-refractivity contribution in [1.82, 2.24) is 4.90 Å². The van der Waals surface area contributed by atoms with E-state index in [0.29, 0.717) is 37.3 Å². The minimum Gasteiger partial charge on any atom is -0.455 e. The summed E-state index contributed by atoms with van der Waals surface area (Å²) in [5, 5.41) is 16.0. The second kappa shape index (κ2) is 10.2. The number of non-ortho nitro benzene ring substituents is 1. The van der Waals surface area contributed by atoms with Crippen LogP contribution in [0.2, 0.25) is 0 Å². The van der Waals surface area contributed by atoms with E-state index < -0.39 is 23.4 Å². The van der Waals surface area contributed by atoms with Crippen LogP contribution < -0.4 is 10.6 Å². The Bertz CT molecular complexity index is 940. The quantitative estimate of drug-likeness (QED) is 0.415. The maximum atomic E-state index is 12.3. The van der Waals surface area contributed by atoms with Crippen LogP contribution in [0.1, 0.15) is 12.8 Å². The number of nitrogens with one attached hydrogen (secondary N) is 2. The van der Waals surface area contributed by atoms with Gasteiger partial charge < -0.3 is 20.3 Å². The number of nitrogens with zero attached hydrogens (tertiary/aromatic N) is 2. The van der Waals surface area contributed by atoms with Crippen molar-refractivity contribution in [2.24, 2.45) is 5.92 Å². The number of likely N-dealkylation sites (tertiary alicyclic amines) is 1. The van der Waals surface area contributed by atoms with Gasteiger partial charge in [-0.2, -0.15) is 0 Å². The zero-order valence-corrected chi connectivity index (χ0v) is 16.7. The minimum absolute atomic E-state index is 0.0896. The highest BCUT2D eigenvalue weighted by Gasteiger charge is 2.28. The van der Waals surface area contributed by atoms with Gasteiger partial charge in [-0.05, 0) is 37.1 Å². The van der Waals surface area contributed by atoms with E-state index in [0.717, 1.165) is 0 Å². The van der Waals surface area contributed by atoms with Crippen LogP contribution in [-0.4, -0.2) is 47.4 Å². The molecule has 3 rings (SSSR count). The van der Waals surface area contributed by atoms with Crippen molar-refractivity contribution in [3.63, 3.8) is 0 Å². The van der Waals surface area contributed by atoms with Gasteiger partial charge in [0.25, 0.3) is 11.6 Å². The molecule has 0 spiro atoms. The molecule has 0 bridgehead atoms. The van der Waals surface area contributed by atoms with E-state index >= 15 is 0 Å². The average molecular weight is 426 g/mol. The van der Waals surface area contributed by atoms with E-state index in [1.165, 1.54) is 24.3 Å². The molecule has 0 atom stereocenters. The van der Waals surface area contributed by atoms with Crippen molar-refractivity contribution < 1.29 is 24.0 Å². The Morgan fingerprint density at radius 1 is 0.968 bits per heavy atom. The molecule has 3 amide bonds. The molecular formula is C21H22N4O6. The van der Waals surface area contributed by atoms with Crippen LogP contribution >= 0.6 is 0 Å². The number of carbonyl (C=O) groups is 3. The first-order chi connectivity index (χ1) is 14.9.